The summed E-state index contributed by atoms with van der Waals surface area (Å²) in [5, 5.41) is 1.69. The van der Waals surface area contributed by atoms with Crippen LogP contribution in [0.5, 0.6) is 0 Å². The average Bonchev–Trinajstić information content (AvgIpc) is 2.63. The number of hydrogen-bond acceptors (Lipinski definition) is 1. The normalized spacial score (nSPS) is 12.8. The average molecular weight is 384 g/mol. The van der Waals surface area contributed by atoms with Crippen molar-refractivity contribution in [3.63, 3.8) is 0 Å². The first kappa shape index (κ1) is 12.6. The third kappa shape index (κ3) is 2.50. The van der Waals surface area contributed by atoms with E-state index in [1.54, 1.807) is 17.4 Å². The topological polar surface area (TPSA) is 0 Å². The maximum atomic E-state index is 13.0. The molecule has 16 heavy (non-hydrogen) atoms. The first-order valence-electron chi connectivity index (χ1n) is 4.41. The summed E-state index contributed by atoms with van der Waals surface area (Å²) in [7, 11) is 0. The van der Waals surface area contributed by atoms with Gasteiger partial charge in [-0.1, -0.05) is 22.0 Å². The van der Waals surface area contributed by atoms with Crippen molar-refractivity contribution < 1.29 is 4.39 Å². The molecule has 0 aliphatic heterocycles. The summed E-state index contributed by atoms with van der Waals surface area (Å²) in [5.74, 6) is -0.273. The van der Waals surface area contributed by atoms with E-state index in [0.29, 0.717) is 4.47 Å². The highest BCUT2D eigenvalue weighted by Gasteiger charge is 2.18. The Morgan fingerprint density at radius 2 is 1.94 bits per heavy atom. The number of hydrogen-bond donors (Lipinski definition) is 0. The summed E-state index contributed by atoms with van der Waals surface area (Å²) in [4.78, 5) is 1.02. The monoisotopic (exact) mass is 382 g/mol. The summed E-state index contributed by atoms with van der Waals surface area (Å²) in [6.07, 6.45) is 0. The number of rotatable bonds is 2. The summed E-state index contributed by atoms with van der Waals surface area (Å²) in [6, 6.07) is 6.49. The minimum Gasteiger partial charge on any atom is -0.207 e. The van der Waals surface area contributed by atoms with Crippen molar-refractivity contribution >= 4 is 54.8 Å². The van der Waals surface area contributed by atoms with Crippen molar-refractivity contribution in [3.05, 3.63) is 54.8 Å². The van der Waals surface area contributed by atoms with Crippen molar-refractivity contribution in [1.82, 2.24) is 0 Å². The van der Waals surface area contributed by atoms with Crippen molar-refractivity contribution in [1.29, 1.82) is 0 Å². The Bertz CT molecular complexity index is 512. The van der Waals surface area contributed by atoms with E-state index < -0.39 is 0 Å². The molecule has 1 unspecified atom stereocenters. The third-order valence-electron chi connectivity index (χ3n) is 2.11. The number of benzene rings is 1. The summed E-state index contributed by atoms with van der Waals surface area (Å²) in [5.41, 5.74) is 0.867. The lowest BCUT2D eigenvalue weighted by Crippen LogP contribution is -1.93. The Labute approximate surface area is 119 Å². The molecule has 0 spiro atoms. The number of halogens is 4. The molecule has 0 aliphatic rings. The standard InChI is InChI=1S/C11H6Br2ClFS/c12-8-3-4-16-11(8)10(14)7-2-1-6(15)5-9(7)13/h1-5,10H. The van der Waals surface area contributed by atoms with Crippen LogP contribution >= 0.6 is 54.8 Å². The van der Waals surface area contributed by atoms with E-state index in [2.05, 4.69) is 31.9 Å². The minimum absolute atomic E-state index is 0.273. The number of thiophene rings is 1. The van der Waals surface area contributed by atoms with Gasteiger partial charge >= 0.3 is 0 Å². The summed E-state index contributed by atoms with van der Waals surface area (Å²) >= 11 is 14.7. The zero-order valence-electron chi connectivity index (χ0n) is 7.88. The molecule has 0 nitrogen and oxygen atoms in total. The van der Waals surface area contributed by atoms with E-state index in [1.807, 2.05) is 11.4 Å². The quantitative estimate of drug-likeness (QED) is 0.579. The lowest BCUT2D eigenvalue weighted by Gasteiger charge is -2.11. The Hall–Kier alpha value is 0.1000. The molecule has 1 aromatic heterocycles. The second-order valence-electron chi connectivity index (χ2n) is 3.16. The summed E-state index contributed by atoms with van der Waals surface area (Å²) in [6.45, 7) is 0. The Morgan fingerprint density at radius 3 is 2.50 bits per heavy atom. The zero-order chi connectivity index (χ0) is 11.7. The van der Waals surface area contributed by atoms with Crippen LogP contribution in [0.15, 0.2) is 38.6 Å². The SMILES string of the molecule is Fc1ccc(C(Cl)c2sccc2Br)c(Br)c1. The fourth-order valence-corrected chi connectivity index (χ4v) is 4.23. The largest absolute Gasteiger partial charge is 0.207 e. The van der Waals surface area contributed by atoms with Crippen LogP contribution in [0.1, 0.15) is 15.8 Å². The fraction of sp³-hybridized carbons (Fsp3) is 0.0909. The Kier molecular flexibility index (Phi) is 4.06. The van der Waals surface area contributed by atoms with Gasteiger partial charge in [0.2, 0.25) is 0 Å². The van der Waals surface area contributed by atoms with Crippen molar-refractivity contribution in [2.45, 2.75) is 5.38 Å². The molecule has 0 N–H and O–H groups in total. The molecule has 0 saturated heterocycles. The highest BCUT2D eigenvalue weighted by Crippen LogP contribution is 2.40. The molecule has 2 aromatic rings. The Morgan fingerprint density at radius 1 is 1.19 bits per heavy atom. The van der Waals surface area contributed by atoms with Gasteiger partial charge in [0.15, 0.2) is 0 Å². The molecule has 2 rings (SSSR count). The molecule has 1 heterocycles. The smallest absolute Gasteiger partial charge is 0.124 e. The molecule has 1 aromatic carbocycles. The van der Waals surface area contributed by atoms with Gasteiger partial charge in [-0.15, -0.1) is 22.9 Å². The van der Waals surface area contributed by atoms with Gasteiger partial charge in [0.05, 0.1) is 5.38 Å². The van der Waals surface area contributed by atoms with Gasteiger partial charge < -0.3 is 0 Å². The maximum Gasteiger partial charge on any atom is 0.124 e. The summed E-state index contributed by atoms with van der Waals surface area (Å²) < 4.78 is 14.6. The van der Waals surface area contributed by atoms with Crippen molar-refractivity contribution in [3.8, 4) is 0 Å². The highest BCUT2D eigenvalue weighted by atomic mass is 79.9. The highest BCUT2D eigenvalue weighted by molar-refractivity contribution is 9.10. The van der Waals surface area contributed by atoms with Gasteiger partial charge in [0, 0.05) is 13.8 Å². The van der Waals surface area contributed by atoms with E-state index in [4.69, 9.17) is 11.6 Å². The second-order valence-corrected chi connectivity index (χ2v) is 6.25. The van der Waals surface area contributed by atoms with Crippen LogP contribution in [0.3, 0.4) is 0 Å². The van der Waals surface area contributed by atoms with Gasteiger partial charge in [-0.2, -0.15) is 0 Å². The van der Waals surface area contributed by atoms with Gasteiger partial charge in [-0.05, 0) is 45.1 Å². The van der Waals surface area contributed by atoms with E-state index in [1.165, 1.54) is 12.1 Å². The predicted molar refractivity (Wildman–Crippen MR) is 73.8 cm³/mol. The zero-order valence-corrected chi connectivity index (χ0v) is 12.6. The molecule has 0 saturated carbocycles. The fourth-order valence-electron chi connectivity index (χ4n) is 1.33. The van der Waals surface area contributed by atoms with Gasteiger partial charge in [0.1, 0.15) is 5.82 Å². The van der Waals surface area contributed by atoms with E-state index in [9.17, 15) is 4.39 Å². The van der Waals surface area contributed by atoms with E-state index in [0.717, 1.165) is 14.9 Å². The minimum atomic E-state index is -0.274. The molecule has 5 heteroatoms. The van der Waals surface area contributed by atoms with Crippen LogP contribution in [0, 0.1) is 5.82 Å². The molecular formula is C11H6Br2ClFS. The van der Waals surface area contributed by atoms with Crippen LogP contribution in [0.4, 0.5) is 4.39 Å². The predicted octanol–water partition coefficient (Wildman–Crippen LogP) is 5.74. The third-order valence-corrected chi connectivity index (χ3v) is 5.32. The molecule has 0 bridgehead atoms. The second kappa shape index (κ2) is 5.17. The van der Waals surface area contributed by atoms with Crippen molar-refractivity contribution in [2.24, 2.45) is 0 Å². The van der Waals surface area contributed by atoms with Crippen LogP contribution < -0.4 is 0 Å². The van der Waals surface area contributed by atoms with Crippen molar-refractivity contribution in [2.75, 3.05) is 0 Å². The first-order valence-corrected chi connectivity index (χ1v) is 7.31. The molecule has 1 atom stereocenters. The molecule has 84 valence electrons. The van der Waals surface area contributed by atoms with E-state index in [-0.39, 0.29) is 11.2 Å². The van der Waals surface area contributed by atoms with Gasteiger partial charge in [-0.25, -0.2) is 4.39 Å². The van der Waals surface area contributed by atoms with Crippen LogP contribution in [0.2, 0.25) is 0 Å². The maximum absolute atomic E-state index is 13.0. The van der Waals surface area contributed by atoms with Crippen LogP contribution in [-0.4, -0.2) is 0 Å². The molecule has 0 radical (unpaired) electrons. The van der Waals surface area contributed by atoms with Crippen LogP contribution in [0.25, 0.3) is 0 Å². The first-order chi connectivity index (χ1) is 7.59. The lowest BCUT2D eigenvalue weighted by molar-refractivity contribution is 0.626. The van der Waals surface area contributed by atoms with E-state index >= 15 is 0 Å². The van der Waals surface area contributed by atoms with Crippen LogP contribution in [-0.2, 0) is 0 Å². The Balaban J connectivity index is 2.41. The molecule has 0 fully saturated rings. The molecular weight excluding hydrogens is 378 g/mol. The number of alkyl halides is 1. The molecule has 0 amide bonds. The molecule has 0 aliphatic carbocycles. The lowest BCUT2D eigenvalue weighted by atomic mass is 10.1. The van der Waals surface area contributed by atoms with Gasteiger partial charge in [0.25, 0.3) is 0 Å². The van der Waals surface area contributed by atoms with Gasteiger partial charge in [-0.3, -0.25) is 0 Å².